The van der Waals surface area contributed by atoms with Crippen LogP contribution in [0.4, 0.5) is 0 Å². The van der Waals surface area contributed by atoms with E-state index < -0.39 is 113 Å². The maximum absolute atomic E-state index is 13.8. The van der Waals surface area contributed by atoms with Crippen molar-refractivity contribution >= 4 is 35.8 Å². The summed E-state index contributed by atoms with van der Waals surface area (Å²) in [5.41, 5.74) is -5.69. The van der Waals surface area contributed by atoms with Crippen LogP contribution in [0.5, 0.6) is 0 Å². The fraction of sp³-hybridized carbons (Fsp3) is 0.590. The average molecular weight is 745 g/mol. The lowest BCUT2D eigenvalue weighted by atomic mass is 9.71. The summed E-state index contributed by atoms with van der Waals surface area (Å²) in [6.07, 6.45) is -7.41. The average Bonchev–Trinajstić information content (AvgIpc) is 3.26. The van der Waals surface area contributed by atoms with Crippen molar-refractivity contribution in [3.63, 3.8) is 0 Å². The molecule has 10 atom stereocenters. The van der Waals surface area contributed by atoms with Crippen LogP contribution >= 0.6 is 0 Å². The highest BCUT2D eigenvalue weighted by Gasteiger charge is 2.70. The molecule has 0 aromatic heterocycles. The van der Waals surface area contributed by atoms with Crippen LogP contribution in [0.25, 0.3) is 0 Å². The quantitative estimate of drug-likeness (QED) is 0.221. The van der Waals surface area contributed by atoms with E-state index in [9.17, 15) is 39.0 Å². The van der Waals surface area contributed by atoms with Crippen LogP contribution < -0.4 is 0 Å². The molecule has 0 spiro atoms. The van der Waals surface area contributed by atoms with Crippen molar-refractivity contribution in [2.24, 2.45) is 23.2 Å². The molecule has 0 saturated heterocycles. The van der Waals surface area contributed by atoms with Gasteiger partial charge < -0.3 is 38.6 Å². The number of carbonyl (C=O) groups excluding carboxylic acids is 6. The lowest BCUT2D eigenvalue weighted by molar-refractivity contribution is -0.194. The third-order valence-electron chi connectivity index (χ3n) is 9.56. The standard InChI is InChI=1S/C39H52O14/c1-20(2)35(45)51-31-22(4)30(48-23(5)40)28-33(52-36(46)27-15-13-12-14-16-27)38(11,53-26(8)43)19-39(28,47)32(49-24(6)41)21(3)17-18-37(9,10)34(29(31)44)50-25(7)42/h12-18,20-21,28-34,44,47H,4,19H2,1-3,5-11H3. The summed E-state index contributed by atoms with van der Waals surface area (Å²) in [4.78, 5) is 78.0. The van der Waals surface area contributed by atoms with Crippen molar-refractivity contribution in [3.05, 3.63) is 60.2 Å². The zero-order valence-corrected chi connectivity index (χ0v) is 31.9. The number of hydrogen-bond acceptors (Lipinski definition) is 14. The number of rotatable bonds is 8. The lowest BCUT2D eigenvalue weighted by Gasteiger charge is -2.45. The molecule has 10 unspecified atom stereocenters. The molecule has 0 radical (unpaired) electrons. The number of carbonyl (C=O) groups is 6. The molecule has 2 N–H and O–H groups in total. The minimum absolute atomic E-state index is 0.0857. The molecule has 0 aliphatic heterocycles. The number of hydrogen-bond donors (Lipinski definition) is 2. The predicted molar refractivity (Wildman–Crippen MR) is 187 cm³/mol. The third-order valence-corrected chi connectivity index (χ3v) is 9.56. The second kappa shape index (κ2) is 16.6. The van der Waals surface area contributed by atoms with Gasteiger partial charge in [-0.15, -0.1) is 0 Å². The molecule has 2 aliphatic rings. The Kier molecular flexibility index (Phi) is 13.4. The van der Waals surface area contributed by atoms with Gasteiger partial charge in [0.25, 0.3) is 0 Å². The molecule has 1 fully saturated rings. The van der Waals surface area contributed by atoms with E-state index >= 15 is 0 Å². The van der Waals surface area contributed by atoms with Gasteiger partial charge in [0.05, 0.1) is 17.4 Å². The molecule has 0 heterocycles. The Morgan fingerprint density at radius 1 is 0.774 bits per heavy atom. The number of esters is 6. The molecule has 292 valence electrons. The first-order valence-electron chi connectivity index (χ1n) is 17.4. The third kappa shape index (κ3) is 9.71. The Morgan fingerprint density at radius 2 is 1.32 bits per heavy atom. The highest BCUT2D eigenvalue weighted by molar-refractivity contribution is 5.89. The summed E-state index contributed by atoms with van der Waals surface area (Å²) in [6, 6.07) is 7.80. The fourth-order valence-electron chi connectivity index (χ4n) is 7.30. The minimum Gasteiger partial charge on any atom is -0.459 e. The Morgan fingerprint density at radius 3 is 1.83 bits per heavy atom. The Hall–Kier alpha value is -4.56. The van der Waals surface area contributed by atoms with Gasteiger partial charge in [-0.3, -0.25) is 24.0 Å². The lowest BCUT2D eigenvalue weighted by Crippen LogP contribution is -2.59. The minimum atomic E-state index is -2.36. The van der Waals surface area contributed by atoms with E-state index in [4.69, 9.17) is 28.4 Å². The van der Waals surface area contributed by atoms with Crippen molar-refractivity contribution in [1.82, 2.24) is 0 Å². The number of aliphatic hydroxyl groups excluding tert-OH is 1. The Bertz CT molecular complexity index is 1600. The molecule has 0 amide bonds. The summed E-state index contributed by atoms with van der Waals surface area (Å²) < 4.78 is 35.1. The van der Waals surface area contributed by atoms with Crippen LogP contribution in [-0.2, 0) is 52.4 Å². The monoisotopic (exact) mass is 744 g/mol. The van der Waals surface area contributed by atoms with Crippen LogP contribution in [0, 0.1) is 23.2 Å². The van der Waals surface area contributed by atoms with Crippen molar-refractivity contribution in [2.75, 3.05) is 0 Å². The van der Waals surface area contributed by atoms with Gasteiger partial charge in [0, 0.05) is 51.0 Å². The first-order chi connectivity index (χ1) is 24.4. The van der Waals surface area contributed by atoms with Gasteiger partial charge in [0.2, 0.25) is 0 Å². The molecule has 14 heteroatoms. The maximum atomic E-state index is 13.8. The van der Waals surface area contributed by atoms with Gasteiger partial charge in [-0.25, -0.2) is 4.79 Å². The van der Waals surface area contributed by atoms with Crippen molar-refractivity contribution in [3.8, 4) is 0 Å². The zero-order valence-electron chi connectivity index (χ0n) is 31.9. The van der Waals surface area contributed by atoms with E-state index in [-0.39, 0.29) is 11.1 Å². The van der Waals surface area contributed by atoms with E-state index in [0.717, 1.165) is 27.7 Å². The van der Waals surface area contributed by atoms with Gasteiger partial charge in [-0.1, -0.05) is 71.5 Å². The highest BCUT2D eigenvalue weighted by atomic mass is 16.6. The van der Waals surface area contributed by atoms with E-state index in [0.29, 0.717) is 0 Å². The van der Waals surface area contributed by atoms with E-state index in [1.54, 1.807) is 51.1 Å². The normalized spacial score (nSPS) is 32.6. The van der Waals surface area contributed by atoms with Crippen molar-refractivity contribution in [1.29, 1.82) is 0 Å². The fourth-order valence-corrected chi connectivity index (χ4v) is 7.30. The van der Waals surface area contributed by atoms with Gasteiger partial charge in [-0.2, -0.15) is 0 Å². The summed E-state index contributed by atoms with van der Waals surface area (Å²) in [5.74, 6) is -8.37. The van der Waals surface area contributed by atoms with Crippen molar-refractivity contribution < 1.29 is 67.4 Å². The molecule has 0 bridgehead atoms. The molecule has 1 aromatic carbocycles. The maximum Gasteiger partial charge on any atom is 0.338 e. The van der Waals surface area contributed by atoms with E-state index in [1.807, 2.05) is 0 Å². The van der Waals surface area contributed by atoms with Crippen LogP contribution in [0.1, 0.15) is 86.0 Å². The SMILES string of the molecule is C=C1C(OC(=O)C(C)C)C(O)C(OC(C)=O)C(C)(C)C=CC(C)C(OC(C)=O)C2(O)CC(C)(OC(C)=O)C(OC(=O)c3ccccc3)C2C1OC(C)=O. The second-order valence-corrected chi connectivity index (χ2v) is 15.0. The number of aliphatic hydroxyl groups is 2. The molecule has 3 rings (SSSR count). The van der Waals surface area contributed by atoms with Gasteiger partial charge in [0.15, 0.2) is 12.2 Å². The molecule has 1 saturated carbocycles. The van der Waals surface area contributed by atoms with Gasteiger partial charge >= 0.3 is 35.8 Å². The summed E-state index contributed by atoms with van der Waals surface area (Å²) in [5, 5.41) is 25.2. The first-order valence-corrected chi connectivity index (χ1v) is 17.4. The van der Waals surface area contributed by atoms with E-state index in [1.165, 1.54) is 32.9 Å². The largest absolute Gasteiger partial charge is 0.459 e. The summed E-state index contributed by atoms with van der Waals surface area (Å²) >= 11 is 0. The van der Waals surface area contributed by atoms with Gasteiger partial charge in [-0.05, 0) is 19.1 Å². The number of ether oxygens (including phenoxy) is 6. The molecule has 14 nitrogen and oxygen atoms in total. The molecule has 53 heavy (non-hydrogen) atoms. The number of benzene rings is 1. The molecular formula is C39H52O14. The molecule has 1 aromatic rings. The predicted octanol–water partition coefficient (Wildman–Crippen LogP) is 3.80. The van der Waals surface area contributed by atoms with Crippen molar-refractivity contribution in [2.45, 2.75) is 123 Å². The van der Waals surface area contributed by atoms with Crippen LogP contribution in [-0.4, -0.2) is 93.9 Å². The van der Waals surface area contributed by atoms with Crippen LogP contribution in [0.15, 0.2) is 54.6 Å². The zero-order chi connectivity index (χ0) is 40.2. The van der Waals surface area contributed by atoms with Crippen LogP contribution in [0.3, 0.4) is 0 Å². The first kappa shape index (κ1) is 42.8. The number of fused-ring (bicyclic) bond motifs is 1. The second-order valence-electron chi connectivity index (χ2n) is 15.0. The summed E-state index contributed by atoms with van der Waals surface area (Å²) in [7, 11) is 0. The van der Waals surface area contributed by atoms with Gasteiger partial charge in [0.1, 0.15) is 35.6 Å². The molecule has 2 aliphatic carbocycles. The molecular weight excluding hydrogens is 692 g/mol. The Labute approximate surface area is 309 Å². The topological polar surface area (TPSA) is 198 Å². The summed E-state index contributed by atoms with van der Waals surface area (Å²) in [6.45, 7) is 17.9. The van der Waals surface area contributed by atoms with Crippen LogP contribution in [0.2, 0.25) is 0 Å². The van der Waals surface area contributed by atoms with E-state index in [2.05, 4.69) is 6.58 Å². The highest BCUT2D eigenvalue weighted by Crippen LogP contribution is 2.54. The smallest absolute Gasteiger partial charge is 0.338 e. The Balaban J connectivity index is 2.51.